The lowest BCUT2D eigenvalue weighted by atomic mass is 9.75. The molecular formula is C54H48N2O2. The van der Waals surface area contributed by atoms with Crippen LogP contribution in [0.1, 0.15) is 88.8 Å². The van der Waals surface area contributed by atoms with Crippen molar-refractivity contribution in [2.45, 2.75) is 77.4 Å². The monoisotopic (exact) mass is 756 g/mol. The van der Waals surface area contributed by atoms with Crippen LogP contribution in [0.15, 0.2) is 133 Å². The minimum atomic E-state index is -1.18. The Bertz CT molecular complexity index is 3250. The zero-order chi connectivity index (χ0) is 40.3. The Morgan fingerprint density at radius 1 is 0.414 bits per heavy atom. The first-order valence-electron chi connectivity index (χ1n) is 20.6. The molecule has 11 rings (SSSR count). The fourth-order valence-electron chi connectivity index (χ4n) is 10.8. The summed E-state index contributed by atoms with van der Waals surface area (Å²) in [5.74, 6) is 0. The molecule has 4 heteroatoms. The van der Waals surface area contributed by atoms with Gasteiger partial charge in [-0.25, -0.2) is 0 Å². The first-order chi connectivity index (χ1) is 27.6. The van der Waals surface area contributed by atoms with Crippen molar-refractivity contribution >= 4 is 43.6 Å². The fraction of sp³-hybridized carbons (Fsp3) is 0.222. The van der Waals surface area contributed by atoms with E-state index in [-0.39, 0.29) is 10.8 Å². The summed E-state index contributed by atoms with van der Waals surface area (Å²) in [5.41, 5.74) is 15.2. The number of aromatic nitrogens is 2. The van der Waals surface area contributed by atoms with Crippen LogP contribution in [0.4, 0.5) is 0 Å². The standard InChI is InChI=1S/C54H48N2O2/c1-51(2)39-17-9-11-21-46(39)55-45-26-24-31(27-38(45)35-16-14-20-42(51)50(35)55)36-29-44(54(7,8)58)37(30-43(36)53(5,6)57)32-23-25-33-34-15-13-19-41-49(34)56(48(33)28-32)47-22-12-10-18-40(47)52(41,3)4/h9-30,57-58H,1-8H3. The van der Waals surface area contributed by atoms with E-state index in [9.17, 15) is 10.2 Å². The molecule has 286 valence electrons. The molecule has 0 saturated heterocycles. The van der Waals surface area contributed by atoms with Gasteiger partial charge in [-0.3, -0.25) is 0 Å². The van der Waals surface area contributed by atoms with Gasteiger partial charge < -0.3 is 19.3 Å². The van der Waals surface area contributed by atoms with Crippen LogP contribution in [0.25, 0.3) is 77.2 Å². The first kappa shape index (κ1) is 35.2. The van der Waals surface area contributed by atoms with Gasteiger partial charge in [0.2, 0.25) is 0 Å². The number of aliphatic hydroxyl groups is 2. The van der Waals surface area contributed by atoms with Crippen LogP contribution in [0.3, 0.4) is 0 Å². The molecule has 0 radical (unpaired) electrons. The lowest BCUT2D eigenvalue weighted by Gasteiger charge is -2.34. The van der Waals surface area contributed by atoms with Crippen LogP contribution in [0, 0.1) is 0 Å². The van der Waals surface area contributed by atoms with Crippen molar-refractivity contribution in [3.8, 4) is 33.6 Å². The first-order valence-corrected chi connectivity index (χ1v) is 20.6. The minimum Gasteiger partial charge on any atom is -0.386 e. The summed E-state index contributed by atoms with van der Waals surface area (Å²) in [5, 5.41) is 28.8. The second-order valence-electron chi connectivity index (χ2n) is 18.9. The van der Waals surface area contributed by atoms with Crippen LogP contribution in [-0.4, -0.2) is 19.3 Å². The van der Waals surface area contributed by atoms with Crippen molar-refractivity contribution in [3.05, 3.63) is 167 Å². The minimum absolute atomic E-state index is 0.147. The summed E-state index contributed by atoms with van der Waals surface area (Å²) in [7, 11) is 0. The maximum Gasteiger partial charge on any atom is 0.0846 e. The largest absolute Gasteiger partial charge is 0.386 e. The van der Waals surface area contributed by atoms with Crippen molar-refractivity contribution in [2.75, 3.05) is 0 Å². The lowest BCUT2D eigenvalue weighted by Crippen LogP contribution is -2.26. The molecule has 2 aliphatic heterocycles. The zero-order valence-corrected chi connectivity index (χ0v) is 34.5. The quantitative estimate of drug-likeness (QED) is 0.188. The summed E-state index contributed by atoms with van der Waals surface area (Å²) in [6.45, 7) is 16.8. The van der Waals surface area contributed by atoms with E-state index in [0.717, 1.165) is 44.4 Å². The third-order valence-electron chi connectivity index (χ3n) is 13.7. The Hall–Kier alpha value is -5.94. The second kappa shape index (κ2) is 11.4. The topological polar surface area (TPSA) is 50.3 Å². The van der Waals surface area contributed by atoms with E-state index in [4.69, 9.17) is 0 Å². The number of hydrogen-bond acceptors (Lipinski definition) is 2. The van der Waals surface area contributed by atoms with Crippen molar-refractivity contribution < 1.29 is 10.2 Å². The maximum atomic E-state index is 12.0. The van der Waals surface area contributed by atoms with Gasteiger partial charge in [-0.1, -0.05) is 119 Å². The van der Waals surface area contributed by atoms with Crippen molar-refractivity contribution in [1.82, 2.24) is 9.13 Å². The molecule has 0 saturated carbocycles. The fourth-order valence-corrected chi connectivity index (χ4v) is 10.8. The molecule has 4 nitrogen and oxygen atoms in total. The Balaban J connectivity index is 1.16. The normalized spacial score (nSPS) is 15.3. The molecule has 2 aromatic heterocycles. The molecule has 4 heterocycles. The van der Waals surface area contributed by atoms with E-state index in [1.807, 2.05) is 27.7 Å². The number of fused-ring (bicyclic) bond motifs is 10. The lowest BCUT2D eigenvalue weighted by molar-refractivity contribution is 0.0753. The van der Waals surface area contributed by atoms with E-state index in [2.05, 4.69) is 170 Å². The Morgan fingerprint density at radius 2 is 0.862 bits per heavy atom. The molecule has 0 fully saturated rings. The van der Waals surface area contributed by atoms with Crippen molar-refractivity contribution in [2.24, 2.45) is 0 Å². The van der Waals surface area contributed by atoms with E-state index in [0.29, 0.717) is 0 Å². The van der Waals surface area contributed by atoms with Crippen LogP contribution < -0.4 is 0 Å². The van der Waals surface area contributed by atoms with Gasteiger partial charge >= 0.3 is 0 Å². The SMILES string of the molecule is CC(C)(O)c1cc(-c2ccc3c4cccc5c4n(c3c2)-c2ccccc2C5(C)C)c(C(C)(C)O)cc1-c1ccc2c(c1)c1cccc3c1n2-c1ccccc1C3(C)C. The third kappa shape index (κ3) is 4.59. The molecule has 0 aliphatic carbocycles. The second-order valence-corrected chi connectivity index (χ2v) is 18.9. The molecule has 0 spiro atoms. The van der Waals surface area contributed by atoms with Crippen molar-refractivity contribution in [3.63, 3.8) is 0 Å². The Kier molecular flexibility index (Phi) is 6.91. The molecule has 58 heavy (non-hydrogen) atoms. The summed E-state index contributed by atoms with van der Waals surface area (Å²) < 4.78 is 4.87. The third-order valence-corrected chi connectivity index (χ3v) is 13.7. The molecule has 2 N–H and O–H groups in total. The number of para-hydroxylation sites is 4. The number of rotatable bonds is 4. The van der Waals surface area contributed by atoms with Crippen LogP contribution >= 0.6 is 0 Å². The van der Waals surface area contributed by atoms with Gasteiger partial charge in [0.25, 0.3) is 0 Å². The Morgan fingerprint density at radius 3 is 1.40 bits per heavy atom. The molecule has 7 aromatic carbocycles. The smallest absolute Gasteiger partial charge is 0.0846 e. The van der Waals surface area contributed by atoms with Crippen LogP contribution in [0.5, 0.6) is 0 Å². The van der Waals surface area contributed by atoms with E-state index < -0.39 is 11.2 Å². The maximum absolute atomic E-state index is 12.0. The highest BCUT2D eigenvalue weighted by Crippen LogP contribution is 2.51. The van der Waals surface area contributed by atoms with E-state index in [1.165, 1.54) is 66.2 Å². The predicted octanol–water partition coefficient (Wildman–Crippen LogP) is 12.9. The van der Waals surface area contributed by atoms with Gasteiger partial charge in [0.1, 0.15) is 0 Å². The highest BCUT2D eigenvalue weighted by Gasteiger charge is 2.37. The van der Waals surface area contributed by atoms with Gasteiger partial charge in [0, 0.05) is 32.4 Å². The number of hydrogen-bond donors (Lipinski definition) is 2. The van der Waals surface area contributed by atoms with E-state index in [1.54, 1.807) is 0 Å². The Labute approximate surface area is 339 Å². The highest BCUT2D eigenvalue weighted by molar-refractivity contribution is 6.14. The summed E-state index contributed by atoms with van der Waals surface area (Å²) in [6.07, 6.45) is 0. The van der Waals surface area contributed by atoms with Crippen LogP contribution in [-0.2, 0) is 22.0 Å². The molecule has 0 atom stereocenters. The zero-order valence-electron chi connectivity index (χ0n) is 34.5. The van der Waals surface area contributed by atoms with E-state index >= 15 is 0 Å². The van der Waals surface area contributed by atoms with Gasteiger partial charge in [0.05, 0.1) is 44.6 Å². The summed E-state index contributed by atoms with van der Waals surface area (Å²) in [6, 6.07) is 48.6. The average molecular weight is 757 g/mol. The molecule has 0 bridgehead atoms. The predicted molar refractivity (Wildman–Crippen MR) is 241 cm³/mol. The van der Waals surface area contributed by atoms with Gasteiger partial charge in [-0.2, -0.15) is 0 Å². The number of benzene rings is 7. The highest BCUT2D eigenvalue weighted by atomic mass is 16.3. The number of nitrogens with zero attached hydrogens (tertiary/aromatic N) is 2. The van der Waals surface area contributed by atoms with Gasteiger partial charge in [-0.15, -0.1) is 0 Å². The van der Waals surface area contributed by atoms with Crippen molar-refractivity contribution in [1.29, 1.82) is 0 Å². The molecule has 9 aromatic rings. The molecule has 0 unspecified atom stereocenters. The summed E-state index contributed by atoms with van der Waals surface area (Å²) >= 11 is 0. The summed E-state index contributed by atoms with van der Waals surface area (Å²) in [4.78, 5) is 0. The average Bonchev–Trinajstić information content (AvgIpc) is 3.71. The van der Waals surface area contributed by atoms with Crippen LogP contribution in [0.2, 0.25) is 0 Å². The molecule has 0 amide bonds. The van der Waals surface area contributed by atoms with Gasteiger partial charge in [0.15, 0.2) is 0 Å². The molecular weight excluding hydrogens is 709 g/mol. The molecule has 2 aliphatic rings. The van der Waals surface area contributed by atoms with Gasteiger partial charge in [-0.05, 0) is 126 Å².